The van der Waals surface area contributed by atoms with Crippen molar-refractivity contribution in [2.75, 3.05) is 19.6 Å². The van der Waals surface area contributed by atoms with Gasteiger partial charge in [0.15, 0.2) is 0 Å². The Morgan fingerprint density at radius 3 is 2.85 bits per heavy atom. The van der Waals surface area contributed by atoms with Gasteiger partial charge >= 0.3 is 0 Å². The van der Waals surface area contributed by atoms with Crippen LogP contribution < -0.4 is 0 Å². The molecule has 1 fully saturated rings. The molecule has 0 bridgehead atoms. The molecule has 1 aliphatic heterocycles. The molecule has 13 heavy (non-hydrogen) atoms. The Morgan fingerprint density at radius 1 is 1.62 bits per heavy atom. The molecule has 0 spiro atoms. The molecule has 1 saturated heterocycles. The summed E-state index contributed by atoms with van der Waals surface area (Å²) in [6.07, 6.45) is 0.639. The van der Waals surface area contributed by atoms with Crippen LogP contribution in [0.25, 0.3) is 0 Å². The van der Waals surface area contributed by atoms with E-state index in [1.165, 1.54) is 0 Å². The zero-order valence-electron chi connectivity index (χ0n) is 8.40. The van der Waals surface area contributed by atoms with Gasteiger partial charge in [-0.3, -0.25) is 4.90 Å². The molecule has 0 radical (unpaired) electrons. The molecule has 1 N–H and O–H groups in total. The number of aliphatic hydroxyl groups is 1. The predicted octanol–water partition coefficient (Wildman–Crippen LogP) is 0.849. The van der Waals surface area contributed by atoms with Crippen LogP contribution in [-0.2, 0) is 0 Å². The van der Waals surface area contributed by atoms with E-state index < -0.39 is 0 Å². The molecule has 2 unspecified atom stereocenters. The first kappa shape index (κ1) is 10.5. The lowest BCUT2D eigenvalue weighted by molar-refractivity contribution is 0.0104. The van der Waals surface area contributed by atoms with Gasteiger partial charge in [-0.1, -0.05) is 13.8 Å². The second-order valence-corrected chi connectivity index (χ2v) is 4.16. The van der Waals surface area contributed by atoms with Crippen LogP contribution in [0.3, 0.4) is 0 Å². The van der Waals surface area contributed by atoms with E-state index in [1.807, 2.05) is 0 Å². The van der Waals surface area contributed by atoms with Crippen molar-refractivity contribution in [1.82, 2.24) is 4.90 Å². The van der Waals surface area contributed by atoms with E-state index in [0.29, 0.717) is 18.4 Å². The van der Waals surface area contributed by atoms with Crippen LogP contribution in [0.2, 0.25) is 0 Å². The number of nitriles is 1. The fourth-order valence-corrected chi connectivity index (χ4v) is 1.94. The van der Waals surface area contributed by atoms with Crippen molar-refractivity contribution in [3.63, 3.8) is 0 Å². The monoisotopic (exact) mass is 182 g/mol. The van der Waals surface area contributed by atoms with Gasteiger partial charge in [-0.2, -0.15) is 5.26 Å². The van der Waals surface area contributed by atoms with E-state index in [9.17, 15) is 5.11 Å². The van der Waals surface area contributed by atoms with Gasteiger partial charge in [0.1, 0.15) is 0 Å². The fourth-order valence-electron chi connectivity index (χ4n) is 1.94. The molecule has 3 nitrogen and oxygen atoms in total. The smallest absolute Gasteiger partial charge is 0.0866 e. The molecule has 1 heterocycles. The van der Waals surface area contributed by atoms with Gasteiger partial charge in [0, 0.05) is 13.1 Å². The minimum absolute atomic E-state index is 0.171. The van der Waals surface area contributed by atoms with Crippen LogP contribution in [0.15, 0.2) is 0 Å². The number of hydrogen-bond acceptors (Lipinski definition) is 3. The normalized spacial score (nSPS) is 30.4. The van der Waals surface area contributed by atoms with Crippen molar-refractivity contribution in [3.8, 4) is 6.07 Å². The van der Waals surface area contributed by atoms with Crippen LogP contribution in [0.5, 0.6) is 0 Å². The second kappa shape index (κ2) is 4.59. The lowest BCUT2D eigenvalue weighted by atomic mass is 9.85. The number of aliphatic hydroxyl groups excluding tert-OH is 1. The quantitative estimate of drug-likeness (QED) is 0.644. The molecule has 2 atom stereocenters. The van der Waals surface area contributed by atoms with Crippen LogP contribution in [0.4, 0.5) is 0 Å². The van der Waals surface area contributed by atoms with Crippen LogP contribution in [0.1, 0.15) is 20.3 Å². The minimum Gasteiger partial charge on any atom is -0.393 e. The molecule has 0 aromatic heterocycles. The third kappa shape index (κ3) is 2.68. The van der Waals surface area contributed by atoms with Gasteiger partial charge in [-0.25, -0.2) is 0 Å². The van der Waals surface area contributed by atoms with Gasteiger partial charge in [0.25, 0.3) is 0 Å². The molecule has 1 aliphatic rings. The average molecular weight is 182 g/mol. The Morgan fingerprint density at radius 2 is 2.31 bits per heavy atom. The van der Waals surface area contributed by atoms with Crippen LogP contribution >= 0.6 is 0 Å². The van der Waals surface area contributed by atoms with Gasteiger partial charge in [0.2, 0.25) is 0 Å². The first-order valence-electron chi connectivity index (χ1n) is 4.92. The molecule has 0 saturated carbocycles. The van der Waals surface area contributed by atoms with Crippen molar-refractivity contribution in [3.05, 3.63) is 0 Å². The third-order valence-electron chi connectivity index (χ3n) is 2.85. The molecule has 1 rings (SSSR count). The van der Waals surface area contributed by atoms with E-state index >= 15 is 0 Å². The van der Waals surface area contributed by atoms with Crippen molar-refractivity contribution < 1.29 is 5.11 Å². The number of hydrogen-bond donors (Lipinski definition) is 1. The van der Waals surface area contributed by atoms with Crippen molar-refractivity contribution in [2.24, 2.45) is 11.8 Å². The first-order valence-corrected chi connectivity index (χ1v) is 4.92. The number of rotatable bonds is 2. The maximum absolute atomic E-state index is 9.72. The van der Waals surface area contributed by atoms with E-state index in [1.54, 1.807) is 0 Å². The Hall–Kier alpha value is -0.590. The summed E-state index contributed by atoms with van der Waals surface area (Å²) in [5, 5.41) is 18.3. The summed E-state index contributed by atoms with van der Waals surface area (Å²) in [5.41, 5.74) is 0. The van der Waals surface area contributed by atoms with Gasteiger partial charge in [0.05, 0.1) is 18.7 Å². The zero-order valence-corrected chi connectivity index (χ0v) is 8.40. The Balaban J connectivity index is 2.49. The molecule has 0 aromatic carbocycles. The number of nitrogens with zero attached hydrogens (tertiary/aromatic N) is 2. The molecule has 3 heteroatoms. The SMILES string of the molecule is CC(C)C1CN(CC#N)CCC1O. The predicted molar refractivity (Wildman–Crippen MR) is 51.0 cm³/mol. The van der Waals surface area contributed by atoms with Gasteiger partial charge in [-0.05, 0) is 18.3 Å². The van der Waals surface area contributed by atoms with Crippen LogP contribution in [0, 0.1) is 23.2 Å². The molecular weight excluding hydrogens is 164 g/mol. The summed E-state index contributed by atoms with van der Waals surface area (Å²) < 4.78 is 0. The summed E-state index contributed by atoms with van der Waals surface area (Å²) >= 11 is 0. The first-order chi connectivity index (χ1) is 6.15. The summed E-state index contributed by atoms with van der Waals surface area (Å²) in [4.78, 5) is 2.12. The van der Waals surface area contributed by atoms with E-state index in [2.05, 4.69) is 24.8 Å². The van der Waals surface area contributed by atoms with E-state index in [-0.39, 0.29) is 6.10 Å². The highest BCUT2D eigenvalue weighted by Crippen LogP contribution is 2.23. The molecular formula is C10H18N2O. The van der Waals surface area contributed by atoms with Crippen molar-refractivity contribution >= 4 is 0 Å². The maximum atomic E-state index is 9.72. The number of likely N-dealkylation sites (tertiary alicyclic amines) is 1. The van der Waals surface area contributed by atoms with Gasteiger partial charge < -0.3 is 5.11 Å². The molecule has 0 aromatic rings. The maximum Gasteiger partial charge on any atom is 0.0866 e. The lowest BCUT2D eigenvalue weighted by Crippen LogP contribution is -2.45. The van der Waals surface area contributed by atoms with Crippen molar-refractivity contribution in [1.29, 1.82) is 5.26 Å². The lowest BCUT2D eigenvalue weighted by Gasteiger charge is -2.37. The largest absolute Gasteiger partial charge is 0.393 e. The third-order valence-corrected chi connectivity index (χ3v) is 2.85. The number of piperidine rings is 1. The molecule has 0 aliphatic carbocycles. The Bertz CT molecular complexity index is 198. The Labute approximate surface area is 80.0 Å². The molecule has 0 amide bonds. The molecule has 74 valence electrons. The zero-order chi connectivity index (χ0) is 9.84. The highest BCUT2D eigenvalue weighted by molar-refractivity contribution is 4.86. The summed E-state index contributed by atoms with van der Waals surface area (Å²) in [5.74, 6) is 0.832. The van der Waals surface area contributed by atoms with Crippen molar-refractivity contribution in [2.45, 2.75) is 26.4 Å². The van der Waals surface area contributed by atoms with Crippen LogP contribution in [-0.4, -0.2) is 35.7 Å². The van der Waals surface area contributed by atoms with E-state index in [0.717, 1.165) is 19.5 Å². The highest BCUT2D eigenvalue weighted by atomic mass is 16.3. The second-order valence-electron chi connectivity index (χ2n) is 4.16. The highest BCUT2D eigenvalue weighted by Gasteiger charge is 2.29. The Kier molecular flexibility index (Phi) is 3.71. The van der Waals surface area contributed by atoms with Gasteiger partial charge in [-0.15, -0.1) is 0 Å². The fraction of sp³-hybridized carbons (Fsp3) is 0.900. The average Bonchev–Trinajstić information content (AvgIpc) is 2.08. The topological polar surface area (TPSA) is 47.3 Å². The standard InChI is InChI=1S/C10H18N2O/c1-8(2)9-7-12(6-4-11)5-3-10(9)13/h8-10,13H,3,5-7H2,1-2H3. The minimum atomic E-state index is -0.171. The van der Waals surface area contributed by atoms with E-state index in [4.69, 9.17) is 5.26 Å². The summed E-state index contributed by atoms with van der Waals surface area (Å²) in [7, 11) is 0. The summed E-state index contributed by atoms with van der Waals surface area (Å²) in [6.45, 7) is 6.48. The summed E-state index contributed by atoms with van der Waals surface area (Å²) in [6, 6.07) is 2.16.